The fourth-order valence-corrected chi connectivity index (χ4v) is 2.63. The molecule has 0 atom stereocenters. The Balaban J connectivity index is 2.47. The van der Waals surface area contributed by atoms with Crippen molar-refractivity contribution in [1.29, 1.82) is 0 Å². The van der Waals surface area contributed by atoms with Crippen LogP contribution < -0.4 is 16.4 Å². The van der Waals surface area contributed by atoms with Crippen LogP contribution in [0, 0.1) is 5.92 Å². The molecule has 1 heterocycles. The number of carbonyl (C=O) groups is 1. The molecule has 0 fully saturated rings. The zero-order valence-corrected chi connectivity index (χ0v) is 12.9. The summed E-state index contributed by atoms with van der Waals surface area (Å²) >= 11 is 1.43. The van der Waals surface area contributed by atoms with E-state index in [-0.39, 0.29) is 5.91 Å². The lowest BCUT2D eigenvalue weighted by molar-refractivity contribution is 0.0958. The summed E-state index contributed by atoms with van der Waals surface area (Å²) < 4.78 is 0. The van der Waals surface area contributed by atoms with Gasteiger partial charge >= 0.3 is 0 Å². The fourth-order valence-electron chi connectivity index (χ4n) is 1.71. The summed E-state index contributed by atoms with van der Waals surface area (Å²) in [6.07, 6.45) is 3.27. The highest BCUT2D eigenvalue weighted by molar-refractivity contribution is 7.18. The molecule has 1 aromatic heterocycles. The highest BCUT2D eigenvalue weighted by Crippen LogP contribution is 2.29. The summed E-state index contributed by atoms with van der Waals surface area (Å²) in [5.41, 5.74) is 6.44. The van der Waals surface area contributed by atoms with Crippen molar-refractivity contribution in [2.24, 2.45) is 5.92 Å². The van der Waals surface area contributed by atoms with Crippen molar-refractivity contribution in [3.05, 3.63) is 10.9 Å². The van der Waals surface area contributed by atoms with E-state index < -0.39 is 0 Å². The van der Waals surface area contributed by atoms with E-state index in [0.29, 0.717) is 17.1 Å². The van der Waals surface area contributed by atoms with Gasteiger partial charge in [-0.1, -0.05) is 20.8 Å². The van der Waals surface area contributed by atoms with Crippen molar-refractivity contribution >= 4 is 27.9 Å². The maximum atomic E-state index is 11.8. The van der Waals surface area contributed by atoms with E-state index in [1.54, 1.807) is 0 Å². The number of nitrogen functional groups attached to an aromatic ring is 1. The molecule has 0 aliphatic heterocycles. The van der Waals surface area contributed by atoms with Gasteiger partial charge in [-0.25, -0.2) is 0 Å². The Morgan fingerprint density at radius 1 is 1.42 bits per heavy atom. The Morgan fingerprint density at radius 2 is 2.16 bits per heavy atom. The average Bonchev–Trinajstić information content (AvgIpc) is 2.73. The van der Waals surface area contributed by atoms with E-state index in [4.69, 9.17) is 5.73 Å². The molecule has 4 N–H and O–H groups in total. The molecule has 0 saturated carbocycles. The van der Waals surface area contributed by atoms with Gasteiger partial charge in [-0.3, -0.25) is 4.79 Å². The quantitative estimate of drug-likeness (QED) is 0.641. The van der Waals surface area contributed by atoms with Crippen molar-refractivity contribution in [1.82, 2.24) is 5.32 Å². The molecule has 1 rings (SSSR count). The standard InChI is InChI=1S/C14H25N3OS/c1-4-7-17-14(18)13-11(15)9-12(19-13)16-8-5-6-10(2)3/h9-10,16H,4-8,15H2,1-3H3,(H,17,18). The summed E-state index contributed by atoms with van der Waals surface area (Å²) in [5.74, 6) is 0.658. The minimum atomic E-state index is -0.0698. The smallest absolute Gasteiger partial charge is 0.263 e. The SMILES string of the molecule is CCCNC(=O)c1sc(NCCCC(C)C)cc1N. The second-order valence-electron chi connectivity index (χ2n) is 5.11. The van der Waals surface area contributed by atoms with Gasteiger partial charge in [0.25, 0.3) is 5.91 Å². The van der Waals surface area contributed by atoms with Gasteiger partial charge in [0.15, 0.2) is 0 Å². The Kier molecular flexibility index (Phi) is 6.70. The molecule has 1 amide bonds. The first kappa shape index (κ1) is 15.8. The minimum absolute atomic E-state index is 0.0698. The monoisotopic (exact) mass is 283 g/mol. The minimum Gasteiger partial charge on any atom is -0.397 e. The maximum absolute atomic E-state index is 11.8. The molecule has 4 nitrogen and oxygen atoms in total. The molecule has 0 aliphatic rings. The van der Waals surface area contributed by atoms with Gasteiger partial charge < -0.3 is 16.4 Å². The van der Waals surface area contributed by atoms with Crippen LogP contribution >= 0.6 is 11.3 Å². The first-order chi connectivity index (χ1) is 9.04. The summed E-state index contributed by atoms with van der Waals surface area (Å²) in [4.78, 5) is 12.5. The molecule has 0 spiro atoms. The number of hydrogen-bond acceptors (Lipinski definition) is 4. The van der Waals surface area contributed by atoms with E-state index in [1.165, 1.54) is 17.8 Å². The van der Waals surface area contributed by atoms with Gasteiger partial charge in [-0.2, -0.15) is 0 Å². The lowest BCUT2D eigenvalue weighted by Crippen LogP contribution is -2.23. The van der Waals surface area contributed by atoms with Crippen molar-refractivity contribution in [3.8, 4) is 0 Å². The molecule has 0 unspecified atom stereocenters. The Morgan fingerprint density at radius 3 is 2.79 bits per heavy atom. The van der Waals surface area contributed by atoms with Gasteiger partial charge in [-0.15, -0.1) is 11.3 Å². The molecule has 108 valence electrons. The normalized spacial score (nSPS) is 10.7. The molecule has 0 radical (unpaired) electrons. The van der Waals surface area contributed by atoms with Crippen LogP contribution in [-0.2, 0) is 0 Å². The molecule has 0 bridgehead atoms. The van der Waals surface area contributed by atoms with Crippen LogP contribution in [0.15, 0.2) is 6.07 Å². The molecule has 0 aromatic carbocycles. The molecule has 1 aromatic rings. The average molecular weight is 283 g/mol. The molecular formula is C14H25N3OS. The summed E-state index contributed by atoms with van der Waals surface area (Å²) in [7, 11) is 0. The predicted octanol–water partition coefficient (Wildman–Crippen LogP) is 3.32. The van der Waals surface area contributed by atoms with E-state index in [2.05, 4.69) is 24.5 Å². The van der Waals surface area contributed by atoms with Crippen LogP contribution in [0.4, 0.5) is 10.7 Å². The molecule has 5 heteroatoms. The third kappa shape index (κ3) is 5.51. The molecular weight excluding hydrogens is 258 g/mol. The van der Waals surface area contributed by atoms with Gasteiger partial charge in [-0.05, 0) is 31.2 Å². The number of thiophene rings is 1. The molecule has 0 aliphatic carbocycles. The van der Waals surface area contributed by atoms with Crippen LogP contribution in [0.1, 0.15) is 49.7 Å². The molecule has 0 saturated heterocycles. The topological polar surface area (TPSA) is 67.2 Å². The fraction of sp³-hybridized carbons (Fsp3) is 0.643. The zero-order valence-electron chi connectivity index (χ0n) is 12.1. The zero-order chi connectivity index (χ0) is 14.3. The lowest BCUT2D eigenvalue weighted by Gasteiger charge is -2.05. The number of rotatable bonds is 8. The van der Waals surface area contributed by atoms with E-state index in [0.717, 1.165) is 30.3 Å². The largest absolute Gasteiger partial charge is 0.397 e. The van der Waals surface area contributed by atoms with Crippen LogP contribution in [0.5, 0.6) is 0 Å². The van der Waals surface area contributed by atoms with Crippen molar-refractivity contribution in [2.45, 2.75) is 40.0 Å². The van der Waals surface area contributed by atoms with Gasteiger partial charge in [0.05, 0.1) is 10.7 Å². The third-order valence-corrected chi connectivity index (χ3v) is 3.87. The predicted molar refractivity (Wildman–Crippen MR) is 83.9 cm³/mol. The van der Waals surface area contributed by atoms with E-state index in [9.17, 15) is 4.79 Å². The number of hydrogen-bond donors (Lipinski definition) is 3. The van der Waals surface area contributed by atoms with Crippen LogP contribution in [-0.4, -0.2) is 19.0 Å². The Hall–Kier alpha value is -1.23. The maximum Gasteiger partial charge on any atom is 0.263 e. The van der Waals surface area contributed by atoms with Crippen LogP contribution in [0.2, 0.25) is 0 Å². The second-order valence-corrected chi connectivity index (χ2v) is 6.17. The third-order valence-electron chi connectivity index (χ3n) is 2.76. The highest BCUT2D eigenvalue weighted by atomic mass is 32.1. The number of carbonyl (C=O) groups excluding carboxylic acids is 1. The summed E-state index contributed by atoms with van der Waals surface area (Å²) in [5, 5.41) is 7.15. The van der Waals surface area contributed by atoms with Crippen molar-refractivity contribution in [2.75, 3.05) is 24.1 Å². The van der Waals surface area contributed by atoms with Crippen LogP contribution in [0.25, 0.3) is 0 Å². The van der Waals surface area contributed by atoms with Crippen LogP contribution in [0.3, 0.4) is 0 Å². The summed E-state index contributed by atoms with van der Waals surface area (Å²) in [6.45, 7) is 8.08. The number of anilines is 2. The first-order valence-corrected chi connectivity index (χ1v) is 7.77. The molecule has 19 heavy (non-hydrogen) atoms. The Bertz CT molecular complexity index is 401. The van der Waals surface area contributed by atoms with Gasteiger partial charge in [0.1, 0.15) is 4.88 Å². The summed E-state index contributed by atoms with van der Waals surface area (Å²) in [6, 6.07) is 1.85. The van der Waals surface area contributed by atoms with Gasteiger partial charge in [0.2, 0.25) is 0 Å². The van der Waals surface area contributed by atoms with E-state index >= 15 is 0 Å². The Labute approximate surface area is 119 Å². The first-order valence-electron chi connectivity index (χ1n) is 6.96. The number of amides is 1. The van der Waals surface area contributed by atoms with Crippen molar-refractivity contribution < 1.29 is 4.79 Å². The van der Waals surface area contributed by atoms with E-state index in [1.807, 2.05) is 13.0 Å². The lowest BCUT2D eigenvalue weighted by atomic mass is 10.1. The van der Waals surface area contributed by atoms with Gasteiger partial charge in [0, 0.05) is 13.1 Å². The van der Waals surface area contributed by atoms with Crippen molar-refractivity contribution in [3.63, 3.8) is 0 Å². The number of nitrogens with two attached hydrogens (primary N) is 1. The second kappa shape index (κ2) is 8.04. The highest BCUT2D eigenvalue weighted by Gasteiger charge is 2.13. The number of nitrogens with one attached hydrogen (secondary N) is 2.